The van der Waals surface area contributed by atoms with Crippen molar-refractivity contribution in [2.24, 2.45) is 5.92 Å². The number of sulfonamides is 1. The molecule has 2 amide bonds. The molecule has 11 heteroatoms. The van der Waals surface area contributed by atoms with Gasteiger partial charge in [0.2, 0.25) is 21.8 Å². The molecule has 2 aliphatic rings. The summed E-state index contributed by atoms with van der Waals surface area (Å²) in [5.74, 6) is -1.39. The van der Waals surface area contributed by atoms with Crippen molar-refractivity contribution in [2.45, 2.75) is 44.4 Å². The molecule has 1 N–H and O–H groups in total. The van der Waals surface area contributed by atoms with E-state index in [1.165, 1.54) is 4.31 Å². The number of fused-ring (bicyclic) bond motifs is 1. The Kier molecular flexibility index (Phi) is 8.35. The third-order valence-electron chi connectivity index (χ3n) is 6.63. The van der Waals surface area contributed by atoms with Gasteiger partial charge >= 0.3 is 5.97 Å². The zero-order valence-electron chi connectivity index (χ0n) is 20.8. The first-order valence-corrected chi connectivity index (χ1v) is 14.6. The van der Waals surface area contributed by atoms with Gasteiger partial charge in [-0.15, -0.1) is 0 Å². The third-order valence-corrected chi connectivity index (χ3v) is 8.97. The van der Waals surface area contributed by atoms with Gasteiger partial charge in [-0.3, -0.25) is 9.59 Å². The highest BCUT2D eigenvalue weighted by atomic mass is 79.9. The van der Waals surface area contributed by atoms with Crippen LogP contribution in [0.1, 0.15) is 49.0 Å². The Hall–Kier alpha value is -2.76. The van der Waals surface area contributed by atoms with Crippen LogP contribution in [0.25, 0.3) is 0 Å². The molecular weight excluding hydrogens is 562 g/mol. The van der Waals surface area contributed by atoms with Crippen LogP contribution in [0.2, 0.25) is 0 Å². The van der Waals surface area contributed by atoms with Gasteiger partial charge in [-0.1, -0.05) is 22.9 Å². The minimum Gasteiger partial charge on any atom is -0.462 e. The zero-order valence-corrected chi connectivity index (χ0v) is 23.2. The van der Waals surface area contributed by atoms with Gasteiger partial charge < -0.3 is 15.0 Å². The molecule has 198 valence electrons. The number of esters is 1. The summed E-state index contributed by atoms with van der Waals surface area (Å²) in [5.41, 5.74) is 2.15. The van der Waals surface area contributed by atoms with Crippen molar-refractivity contribution in [1.82, 2.24) is 4.31 Å². The number of rotatable bonds is 7. The molecule has 37 heavy (non-hydrogen) atoms. The van der Waals surface area contributed by atoms with Crippen LogP contribution in [0, 0.1) is 5.92 Å². The fourth-order valence-corrected chi connectivity index (χ4v) is 7.21. The summed E-state index contributed by atoms with van der Waals surface area (Å²) in [6.07, 6.45) is 1.95. The van der Waals surface area contributed by atoms with Gasteiger partial charge in [0.15, 0.2) is 0 Å². The van der Waals surface area contributed by atoms with Crippen LogP contribution in [0.5, 0.6) is 0 Å². The SMILES string of the molecule is CCOC(=O)c1ccc(NC(=O)[C@@H]2CCCN(S(=O)(=O)c3cc(Br)cc4c3N(C(=O)CC)CC4)C2)cc1. The van der Waals surface area contributed by atoms with Gasteiger partial charge in [0.1, 0.15) is 4.90 Å². The molecule has 0 spiro atoms. The molecule has 0 bridgehead atoms. The summed E-state index contributed by atoms with van der Waals surface area (Å²) in [6, 6.07) is 9.78. The number of anilines is 2. The Labute approximate surface area is 225 Å². The van der Waals surface area contributed by atoms with Crippen molar-refractivity contribution in [3.05, 3.63) is 52.0 Å². The van der Waals surface area contributed by atoms with E-state index >= 15 is 0 Å². The topological polar surface area (TPSA) is 113 Å². The Morgan fingerprint density at radius 2 is 1.84 bits per heavy atom. The molecule has 2 aromatic rings. The molecule has 9 nitrogen and oxygen atoms in total. The normalized spacial score (nSPS) is 17.8. The van der Waals surface area contributed by atoms with Gasteiger partial charge in [-0.25, -0.2) is 13.2 Å². The first-order valence-electron chi connectivity index (χ1n) is 12.4. The minimum absolute atomic E-state index is 0.0398. The van der Waals surface area contributed by atoms with E-state index < -0.39 is 21.9 Å². The number of nitrogens with zero attached hydrogens (tertiary/aromatic N) is 2. The molecular formula is C26H30BrN3O6S. The number of hydrogen-bond acceptors (Lipinski definition) is 6. The number of halogens is 1. The van der Waals surface area contributed by atoms with Gasteiger partial charge in [-0.05, 0) is 68.1 Å². The van der Waals surface area contributed by atoms with Crippen molar-refractivity contribution < 1.29 is 27.5 Å². The Bertz CT molecular complexity index is 1310. The van der Waals surface area contributed by atoms with E-state index in [1.54, 1.807) is 49.1 Å². The van der Waals surface area contributed by atoms with E-state index in [2.05, 4.69) is 21.2 Å². The Balaban J connectivity index is 1.52. The quantitative estimate of drug-likeness (QED) is 0.487. The number of amides is 2. The summed E-state index contributed by atoms with van der Waals surface area (Å²) < 4.78 is 34.6. The van der Waals surface area contributed by atoms with Crippen LogP contribution < -0.4 is 10.2 Å². The number of nitrogens with one attached hydrogen (secondary N) is 1. The summed E-state index contributed by atoms with van der Waals surface area (Å²) in [4.78, 5) is 39.1. The van der Waals surface area contributed by atoms with E-state index in [1.807, 2.05) is 6.07 Å². The summed E-state index contributed by atoms with van der Waals surface area (Å²) in [5, 5.41) is 2.83. The molecule has 2 aromatic carbocycles. The number of carbonyl (C=O) groups is 3. The number of carbonyl (C=O) groups excluding carboxylic acids is 3. The number of ether oxygens (including phenoxy) is 1. The first kappa shape index (κ1) is 27.3. The number of benzene rings is 2. The van der Waals surface area contributed by atoms with Crippen LogP contribution in [0.4, 0.5) is 11.4 Å². The number of hydrogen-bond donors (Lipinski definition) is 1. The van der Waals surface area contributed by atoms with Crippen molar-refractivity contribution in [3.63, 3.8) is 0 Å². The molecule has 0 aromatic heterocycles. The van der Waals surface area contributed by atoms with Crippen molar-refractivity contribution in [3.8, 4) is 0 Å². The molecule has 0 aliphatic carbocycles. The highest BCUT2D eigenvalue weighted by Gasteiger charge is 2.38. The summed E-state index contributed by atoms with van der Waals surface area (Å²) in [6.45, 7) is 4.53. The highest BCUT2D eigenvalue weighted by molar-refractivity contribution is 9.10. The van der Waals surface area contributed by atoms with Crippen molar-refractivity contribution >= 4 is 55.1 Å². The van der Waals surface area contributed by atoms with Crippen LogP contribution in [0.15, 0.2) is 45.8 Å². The lowest BCUT2D eigenvalue weighted by Crippen LogP contribution is -2.44. The second kappa shape index (κ2) is 11.3. The molecule has 2 heterocycles. The predicted octanol–water partition coefficient (Wildman–Crippen LogP) is 3.96. The van der Waals surface area contributed by atoms with E-state index in [0.29, 0.717) is 53.8 Å². The van der Waals surface area contributed by atoms with Crippen molar-refractivity contribution in [1.29, 1.82) is 0 Å². The third kappa shape index (κ3) is 5.73. The second-order valence-electron chi connectivity index (χ2n) is 9.05. The predicted molar refractivity (Wildman–Crippen MR) is 143 cm³/mol. The lowest BCUT2D eigenvalue weighted by atomic mass is 9.98. The minimum atomic E-state index is -3.97. The lowest BCUT2D eigenvalue weighted by molar-refractivity contribution is -0.121. The average Bonchev–Trinajstić information content (AvgIpc) is 3.32. The molecule has 0 unspecified atom stereocenters. The molecule has 1 atom stereocenters. The van der Waals surface area contributed by atoms with E-state index in [-0.39, 0.29) is 36.3 Å². The van der Waals surface area contributed by atoms with E-state index in [9.17, 15) is 22.8 Å². The molecule has 0 saturated carbocycles. The summed E-state index contributed by atoms with van der Waals surface area (Å²) in [7, 11) is -3.97. The van der Waals surface area contributed by atoms with Crippen LogP contribution in [0.3, 0.4) is 0 Å². The zero-order chi connectivity index (χ0) is 26.7. The van der Waals surface area contributed by atoms with E-state index in [4.69, 9.17) is 4.74 Å². The highest BCUT2D eigenvalue weighted by Crippen LogP contribution is 2.40. The largest absolute Gasteiger partial charge is 0.462 e. The Morgan fingerprint density at radius 1 is 1.11 bits per heavy atom. The monoisotopic (exact) mass is 591 g/mol. The van der Waals surface area contributed by atoms with Gasteiger partial charge in [0.25, 0.3) is 0 Å². The van der Waals surface area contributed by atoms with Crippen molar-refractivity contribution in [2.75, 3.05) is 36.5 Å². The van der Waals surface area contributed by atoms with Crippen LogP contribution in [-0.2, 0) is 30.8 Å². The molecule has 4 rings (SSSR count). The maximum absolute atomic E-state index is 13.8. The van der Waals surface area contributed by atoms with Crippen LogP contribution >= 0.6 is 15.9 Å². The molecule has 1 saturated heterocycles. The standard InChI is InChI=1S/C26H30BrN3O6S/c1-3-23(31)30-13-11-18-14-20(27)15-22(24(18)30)37(34,35)29-12-5-6-19(16-29)25(32)28-21-9-7-17(8-10-21)26(33)36-4-2/h7-10,14-15,19H,3-6,11-13,16H2,1-2H3,(H,28,32)/t19-/m1/s1. The lowest BCUT2D eigenvalue weighted by Gasteiger charge is -2.32. The second-order valence-corrected chi connectivity index (χ2v) is 11.9. The molecule has 1 fully saturated rings. The smallest absolute Gasteiger partial charge is 0.338 e. The summed E-state index contributed by atoms with van der Waals surface area (Å²) >= 11 is 3.42. The molecule has 0 radical (unpaired) electrons. The fourth-order valence-electron chi connectivity index (χ4n) is 4.77. The maximum atomic E-state index is 13.8. The van der Waals surface area contributed by atoms with Crippen LogP contribution in [-0.4, -0.2) is 56.7 Å². The fraction of sp³-hybridized carbons (Fsp3) is 0.423. The molecule has 2 aliphatic heterocycles. The van der Waals surface area contributed by atoms with Gasteiger partial charge in [-0.2, -0.15) is 4.31 Å². The van der Waals surface area contributed by atoms with E-state index in [0.717, 1.165) is 5.56 Å². The van der Waals surface area contributed by atoms with Gasteiger partial charge in [0.05, 0.1) is 23.8 Å². The maximum Gasteiger partial charge on any atom is 0.338 e. The number of piperidine rings is 1. The first-order chi connectivity index (χ1) is 17.6. The Morgan fingerprint density at radius 3 is 2.51 bits per heavy atom. The average molecular weight is 593 g/mol. The van der Waals surface area contributed by atoms with Gasteiger partial charge in [0, 0.05) is 36.2 Å².